The molecule has 1 aromatic rings. The zero-order chi connectivity index (χ0) is 22.7. The Morgan fingerprint density at radius 1 is 1.00 bits per heavy atom. The predicted molar refractivity (Wildman–Crippen MR) is 125 cm³/mol. The van der Waals surface area contributed by atoms with Crippen LogP contribution in [0.4, 0.5) is 0 Å². The summed E-state index contributed by atoms with van der Waals surface area (Å²) in [5.41, 5.74) is 2.11. The summed E-state index contributed by atoms with van der Waals surface area (Å²) in [6.07, 6.45) is 8.07. The third-order valence-electron chi connectivity index (χ3n) is 7.57. The number of amides is 2. The molecule has 2 saturated heterocycles. The fourth-order valence-corrected chi connectivity index (χ4v) is 5.60. The van der Waals surface area contributed by atoms with Gasteiger partial charge in [0, 0.05) is 69.7 Å². The first kappa shape index (κ1) is 23.0. The molecule has 0 bridgehead atoms. The van der Waals surface area contributed by atoms with E-state index in [1.807, 2.05) is 16.7 Å². The highest BCUT2D eigenvalue weighted by molar-refractivity contribution is 5.95. The first-order chi connectivity index (χ1) is 15.4. The number of aryl methyl sites for hydroxylation is 1. The number of likely N-dealkylation sites (N-methyl/N-ethyl adjacent to an activating group) is 1. The minimum atomic E-state index is -0.134. The van der Waals surface area contributed by atoms with Gasteiger partial charge >= 0.3 is 0 Å². The molecule has 176 valence electrons. The van der Waals surface area contributed by atoms with Gasteiger partial charge in [-0.25, -0.2) is 0 Å². The van der Waals surface area contributed by atoms with Gasteiger partial charge in [0.15, 0.2) is 5.43 Å². The topological polar surface area (TPSA) is 65.9 Å². The van der Waals surface area contributed by atoms with Crippen LogP contribution in [0.3, 0.4) is 0 Å². The summed E-state index contributed by atoms with van der Waals surface area (Å²) in [5, 5.41) is 0. The molecular weight excluding hydrogens is 404 g/mol. The molecule has 1 saturated carbocycles. The van der Waals surface area contributed by atoms with Gasteiger partial charge in [0.05, 0.1) is 0 Å². The lowest BCUT2D eigenvalue weighted by Gasteiger charge is -2.33. The highest BCUT2D eigenvalue weighted by Gasteiger charge is 2.29. The number of piperazine rings is 1. The molecule has 0 atom stereocenters. The highest BCUT2D eigenvalue weighted by Crippen LogP contribution is 2.29. The molecule has 32 heavy (non-hydrogen) atoms. The van der Waals surface area contributed by atoms with E-state index in [-0.39, 0.29) is 17.2 Å². The van der Waals surface area contributed by atoms with Gasteiger partial charge in [-0.3, -0.25) is 14.4 Å². The van der Waals surface area contributed by atoms with Crippen LogP contribution in [-0.4, -0.2) is 77.4 Å². The van der Waals surface area contributed by atoms with Crippen molar-refractivity contribution in [2.45, 2.75) is 64.8 Å². The van der Waals surface area contributed by atoms with Gasteiger partial charge in [0.2, 0.25) is 5.91 Å². The molecule has 3 fully saturated rings. The highest BCUT2D eigenvalue weighted by atomic mass is 16.2. The number of hydrogen-bond donors (Lipinski definition) is 0. The predicted octanol–water partition coefficient (Wildman–Crippen LogP) is 2.29. The lowest BCUT2D eigenvalue weighted by Crippen LogP contribution is -2.48. The molecule has 7 heteroatoms. The fraction of sp³-hybridized carbons (Fsp3) is 0.720. The summed E-state index contributed by atoms with van der Waals surface area (Å²) in [5.74, 6) is 0.694. The number of likely N-dealkylation sites (tertiary alicyclic amines) is 1. The number of pyridine rings is 1. The fourth-order valence-electron chi connectivity index (χ4n) is 5.60. The Labute approximate surface area is 191 Å². The van der Waals surface area contributed by atoms with Crippen LogP contribution in [0, 0.1) is 12.8 Å². The minimum absolute atomic E-state index is 0.0976. The minimum Gasteiger partial charge on any atom is -0.348 e. The zero-order valence-electron chi connectivity index (χ0n) is 19.8. The summed E-state index contributed by atoms with van der Waals surface area (Å²) in [6, 6.07) is 1.64. The van der Waals surface area contributed by atoms with Gasteiger partial charge in [-0.15, -0.1) is 0 Å². The second kappa shape index (κ2) is 10.2. The quantitative estimate of drug-likeness (QED) is 0.650. The van der Waals surface area contributed by atoms with Crippen molar-refractivity contribution in [3.8, 4) is 0 Å². The smallest absolute Gasteiger partial charge is 0.259 e. The molecule has 0 spiro atoms. The van der Waals surface area contributed by atoms with Crippen LogP contribution in [0.1, 0.15) is 66.7 Å². The van der Waals surface area contributed by atoms with Gasteiger partial charge in [0.1, 0.15) is 5.56 Å². The molecule has 7 nitrogen and oxygen atoms in total. The van der Waals surface area contributed by atoms with Gasteiger partial charge in [-0.2, -0.15) is 0 Å². The van der Waals surface area contributed by atoms with Crippen molar-refractivity contribution in [1.29, 1.82) is 0 Å². The van der Waals surface area contributed by atoms with Gasteiger partial charge in [-0.1, -0.05) is 25.7 Å². The number of nitrogens with zero attached hydrogens (tertiary/aromatic N) is 4. The standard InChI is InChI=1S/C25H38N4O3/c1-19-17-22(30)24(25(32)28-15-13-26(2)14-16-28)21(18-20-7-3-4-8-20)29(19)12-6-11-27-10-5-9-23(27)31/h17,20H,3-16,18H2,1-2H3. The summed E-state index contributed by atoms with van der Waals surface area (Å²) < 4.78 is 2.21. The van der Waals surface area contributed by atoms with Crippen LogP contribution >= 0.6 is 0 Å². The van der Waals surface area contributed by atoms with Crippen molar-refractivity contribution in [1.82, 2.24) is 19.3 Å². The van der Waals surface area contributed by atoms with E-state index in [2.05, 4.69) is 16.5 Å². The Kier molecular flexibility index (Phi) is 7.33. The summed E-state index contributed by atoms with van der Waals surface area (Å²) in [6.45, 7) is 7.33. The number of rotatable bonds is 7. The number of aromatic nitrogens is 1. The summed E-state index contributed by atoms with van der Waals surface area (Å²) in [4.78, 5) is 44.7. The van der Waals surface area contributed by atoms with Gasteiger partial charge in [0.25, 0.3) is 5.91 Å². The maximum Gasteiger partial charge on any atom is 0.259 e. The van der Waals surface area contributed by atoms with E-state index < -0.39 is 0 Å². The van der Waals surface area contributed by atoms with E-state index in [1.54, 1.807) is 6.07 Å². The number of hydrogen-bond acceptors (Lipinski definition) is 4. The SMILES string of the molecule is Cc1cc(=O)c(C(=O)N2CCN(C)CC2)c(CC2CCCC2)n1CCCN1CCCC1=O. The molecule has 4 rings (SSSR count). The first-order valence-corrected chi connectivity index (χ1v) is 12.4. The molecule has 0 radical (unpaired) electrons. The molecule has 0 aromatic carbocycles. The van der Waals surface area contributed by atoms with Gasteiger partial charge < -0.3 is 19.3 Å². The second-order valence-electron chi connectivity index (χ2n) is 9.91. The van der Waals surface area contributed by atoms with E-state index in [0.29, 0.717) is 31.0 Å². The second-order valence-corrected chi connectivity index (χ2v) is 9.91. The van der Waals surface area contributed by atoms with Crippen LogP contribution < -0.4 is 5.43 Å². The van der Waals surface area contributed by atoms with Crippen LogP contribution in [0.15, 0.2) is 10.9 Å². The molecule has 3 aliphatic rings. The molecule has 1 aromatic heterocycles. The average Bonchev–Trinajstić information content (AvgIpc) is 3.42. The van der Waals surface area contributed by atoms with Crippen molar-refractivity contribution in [3.05, 3.63) is 33.2 Å². The Hall–Kier alpha value is -2.15. The molecular formula is C25H38N4O3. The van der Waals surface area contributed by atoms with Crippen LogP contribution in [0.2, 0.25) is 0 Å². The van der Waals surface area contributed by atoms with Crippen molar-refractivity contribution in [2.75, 3.05) is 46.3 Å². The molecule has 3 heterocycles. The average molecular weight is 443 g/mol. The zero-order valence-corrected chi connectivity index (χ0v) is 19.8. The maximum atomic E-state index is 13.6. The van der Waals surface area contributed by atoms with E-state index in [9.17, 15) is 14.4 Å². The van der Waals surface area contributed by atoms with E-state index in [1.165, 1.54) is 25.7 Å². The molecule has 1 aliphatic carbocycles. The molecule has 2 amide bonds. The Morgan fingerprint density at radius 3 is 2.38 bits per heavy atom. The summed E-state index contributed by atoms with van der Waals surface area (Å²) in [7, 11) is 2.07. The lowest BCUT2D eigenvalue weighted by molar-refractivity contribution is -0.127. The molecule has 0 N–H and O–H groups in total. The van der Waals surface area contributed by atoms with E-state index in [4.69, 9.17) is 0 Å². The van der Waals surface area contributed by atoms with Crippen molar-refractivity contribution >= 4 is 11.8 Å². The number of carbonyl (C=O) groups is 2. The van der Waals surface area contributed by atoms with E-state index in [0.717, 1.165) is 63.4 Å². The Morgan fingerprint density at radius 2 is 1.72 bits per heavy atom. The van der Waals surface area contributed by atoms with Crippen LogP contribution in [0.25, 0.3) is 0 Å². The largest absolute Gasteiger partial charge is 0.348 e. The number of carbonyl (C=O) groups excluding carboxylic acids is 2. The van der Waals surface area contributed by atoms with Crippen molar-refractivity contribution in [3.63, 3.8) is 0 Å². The lowest BCUT2D eigenvalue weighted by atomic mass is 9.96. The van der Waals surface area contributed by atoms with Crippen molar-refractivity contribution < 1.29 is 9.59 Å². The Balaban J connectivity index is 1.61. The van der Waals surface area contributed by atoms with E-state index >= 15 is 0 Å². The Bertz CT molecular complexity index is 895. The maximum absolute atomic E-state index is 13.6. The van der Waals surface area contributed by atoms with Crippen LogP contribution in [0.5, 0.6) is 0 Å². The third-order valence-corrected chi connectivity index (χ3v) is 7.57. The van der Waals surface area contributed by atoms with Crippen molar-refractivity contribution in [2.24, 2.45) is 5.92 Å². The normalized spacial score (nSPS) is 20.5. The first-order valence-electron chi connectivity index (χ1n) is 12.4. The molecule has 0 unspecified atom stereocenters. The monoisotopic (exact) mass is 442 g/mol. The third kappa shape index (κ3) is 5.08. The summed E-state index contributed by atoms with van der Waals surface area (Å²) >= 11 is 0. The van der Waals surface area contributed by atoms with Crippen LogP contribution in [-0.2, 0) is 17.8 Å². The molecule has 2 aliphatic heterocycles. The van der Waals surface area contributed by atoms with Gasteiger partial charge in [-0.05, 0) is 39.2 Å².